The highest BCUT2D eigenvalue weighted by atomic mass is 16.6. The van der Waals surface area contributed by atoms with Gasteiger partial charge in [0.25, 0.3) is 0 Å². The predicted molar refractivity (Wildman–Crippen MR) is 65.5 cm³/mol. The lowest BCUT2D eigenvalue weighted by molar-refractivity contribution is 0.0278. The first kappa shape index (κ1) is 13.3. The Morgan fingerprint density at radius 2 is 1.75 bits per heavy atom. The van der Waals surface area contributed by atoms with E-state index in [9.17, 15) is 4.79 Å². The van der Waals surface area contributed by atoms with Gasteiger partial charge in [-0.3, -0.25) is 0 Å². The minimum Gasteiger partial charge on any atom is -0.447 e. The van der Waals surface area contributed by atoms with E-state index in [-0.39, 0.29) is 12.2 Å². The second-order valence-corrected chi connectivity index (χ2v) is 4.89. The van der Waals surface area contributed by atoms with Gasteiger partial charge < -0.3 is 9.64 Å². The summed E-state index contributed by atoms with van der Waals surface area (Å²) in [7, 11) is 0. The van der Waals surface area contributed by atoms with Gasteiger partial charge in [-0.05, 0) is 46.0 Å². The molecule has 1 heterocycles. The molecule has 0 saturated carbocycles. The van der Waals surface area contributed by atoms with Crippen molar-refractivity contribution in [2.24, 2.45) is 0 Å². The fourth-order valence-electron chi connectivity index (χ4n) is 2.53. The summed E-state index contributed by atoms with van der Waals surface area (Å²) in [5.41, 5.74) is 0. The van der Waals surface area contributed by atoms with Crippen LogP contribution in [0.25, 0.3) is 0 Å². The van der Waals surface area contributed by atoms with Crippen LogP contribution in [0.4, 0.5) is 4.79 Å². The van der Waals surface area contributed by atoms with Gasteiger partial charge in [0, 0.05) is 12.1 Å². The molecular weight excluding hydrogens is 202 g/mol. The van der Waals surface area contributed by atoms with Crippen molar-refractivity contribution in [3.05, 3.63) is 0 Å². The van der Waals surface area contributed by atoms with E-state index in [1.54, 1.807) is 0 Å². The van der Waals surface area contributed by atoms with Gasteiger partial charge in [0.1, 0.15) is 0 Å². The van der Waals surface area contributed by atoms with Crippen molar-refractivity contribution in [2.45, 2.75) is 78.0 Å². The van der Waals surface area contributed by atoms with E-state index in [1.807, 2.05) is 18.7 Å². The topological polar surface area (TPSA) is 29.5 Å². The maximum Gasteiger partial charge on any atom is 0.410 e. The van der Waals surface area contributed by atoms with Crippen molar-refractivity contribution in [1.82, 2.24) is 4.90 Å². The number of hydrogen-bond donors (Lipinski definition) is 0. The van der Waals surface area contributed by atoms with Crippen LogP contribution in [0.3, 0.4) is 0 Å². The standard InChI is InChI=1S/C13H25NO2/c1-5-11-8-7-9-12(6-2)14(11)13(15)16-10(3)4/h10-12H,5-9H2,1-4H3/t11-,12+. The molecule has 94 valence electrons. The zero-order chi connectivity index (χ0) is 12.1. The summed E-state index contributed by atoms with van der Waals surface area (Å²) < 4.78 is 5.34. The quantitative estimate of drug-likeness (QED) is 0.737. The van der Waals surface area contributed by atoms with Crippen LogP contribution in [-0.2, 0) is 4.74 Å². The average molecular weight is 227 g/mol. The zero-order valence-corrected chi connectivity index (χ0v) is 11.0. The molecule has 1 aliphatic heterocycles. The van der Waals surface area contributed by atoms with Crippen LogP contribution in [0.2, 0.25) is 0 Å². The Bertz CT molecular complexity index is 216. The third-order valence-corrected chi connectivity index (χ3v) is 3.35. The molecule has 0 aromatic heterocycles. The molecule has 3 nitrogen and oxygen atoms in total. The van der Waals surface area contributed by atoms with E-state index in [0.29, 0.717) is 12.1 Å². The zero-order valence-electron chi connectivity index (χ0n) is 11.0. The molecule has 0 aliphatic carbocycles. The predicted octanol–water partition coefficient (Wildman–Crippen LogP) is 3.57. The summed E-state index contributed by atoms with van der Waals surface area (Å²) in [4.78, 5) is 14.0. The monoisotopic (exact) mass is 227 g/mol. The molecule has 1 fully saturated rings. The van der Waals surface area contributed by atoms with Gasteiger partial charge in [-0.2, -0.15) is 0 Å². The van der Waals surface area contributed by atoms with Crippen molar-refractivity contribution < 1.29 is 9.53 Å². The normalized spacial score (nSPS) is 25.9. The van der Waals surface area contributed by atoms with Crippen LogP contribution in [0.1, 0.15) is 59.8 Å². The van der Waals surface area contributed by atoms with Crippen LogP contribution in [0.5, 0.6) is 0 Å². The van der Waals surface area contributed by atoms with Crippen molar-refractivity contribution in [1.29, 1.82) is 0 Å². The lowest BCUT2D eigenvalue weighted by atomic mass is 9.93. The van der Waals surface area contributed by atoms with E-state index in [2.05, 4.69) is 13.8 Å². The molecule has 3 heteroatoms. The first-order valence-electron chi connectivity index (χ1n) is 6.59. The molecule has 0 N–H and O–H groups in total. The molecule has 0 aromatic carbocycles. The number of ether oxygens (including phenoxy) is 1. The first-order valence-corrected chi connectivity index (χ1v) is 6.59. The van der Waals surface area contributed by atoms with Crippen LogP contribution in [0, 0.1) is 0 Å². The van der Waals surface area contributed by atoms with E-state index in [1.165, 1.54) is 6.42 Å². The van der Waals surface area contributed by atoms with Gasteiger partial charge in [0.2, 0.25) is 0 Å². The second kappa shape index (κ2) is 6.12. The van der Waals surface area contributed by atoms with Gasteiger partial charge in [-0.1, -0.05) is 13.8 Å². The minimum absolute atomic E-state index is 0.0237. The molecule has 2 atom stereocenters. The lowest BCUT2D eigenvalue weighted by Gasteiger charge is -2.41. The molecule has 0 spiro atoms. The summed E-state index contributed by atoms with van der Waals surface area (Å²) in [6.45, 7) is 8.12. The number of rotatable bonds is 3. The lowest BCUT2D eigenvalue weighted by Crippen LogP contribution is -2.50. The Balaban J connectivity index is 2.71. The van der Waals surface area contributed by atoms with Gasteiger partial charge in [0.05, 0.1) is 6.10 Å². The molecular formula is C13H25NO2. The largest absolute Gasteiger partial charge is 0.447 e. The van der Waals surface area contributed by atoms with Crippen LogP contribution >= 0.6 is 0 Å². The number of carbonyl (C=O) groups is 1. The molecule has 1 saturated heterocycles. The van der Waals surface area contributed by atoms with Crippen LogP contribution in [0.15, 0.2) is 0 Å². The van der Waals surface area contributed by atoms with Crippen LogP contribution < -0.4 is 0 Å². The molecule has 1 aliphatic rings. The van der Waals surface area contributed by atoms with Crippen molar-refractivity contribution in [3.8, 4) is 0 Å². The number of nitrogens with zero attached hydrogens (tertiary/aromatic N) is 1. The van der Waals surface area contributed by atoms with E-state index in [0.717, 1.165) is 25.7 Å². The van der Waals surface area contributed by atoms with Crippen molar-refractivity contribution >= 4 is 6.09 Å². The number of amides is 1. The molecule has 0 bridgehead atoms. The smallest absolute Gasteiger partial charge is 0.410 e. The highest BCUT2D eigenvalue weighted by Gasteiger charge is 2.33. The fraction of sp³-hybridized carbons (Fsp3) is 0.923. The fourth-order valence-corrected chi connectivity index (χ4v) is 2.53. The highest BCUT2D eigenvalue weighted by Crippen LogP contribution is 2.27. The third-order valence-electron chi connectivity index (χ3n) is 3.35. The van der Waals surface area contributed by atoms with E-state index < -0.39 is 0 Å². The summed E-state index contributed by atoms with van der Waals surface area (Å²) in [6.07, 6.45) is 5.41. The molecule has 0 unspecified atom stereocenters. The number of likely N-dealkylation sites (tertiary alicyclic amines) is 1. The van der Waals surface area contributed by atoms with Gasteiger partial charge in [-0.25, -0.2) is 4.79 Å². The molecule has 1 amide bonds. The van der Waals surface area contributed by atoms with Crippen LogP contribution in [-0.4, -0.2) is 29.2 Å². The highest BCUT2D eigenvalue weighted by molar-refractivity contribution is 5.68. The van der Waals surface area contributed by atoms with Gasteiger partial charge in [0.15, 0.2) is 0 Å². The summed E-state index contributed by atoms with van der Waals surface area (Å²) in [5.74, 6) is 0. The summed E-state index contributed by atoms with van der Waals surface area (Å²) >= 11 is 0. The maximum atomic E-state index is 12.1. The Kier molecular flexibility index (Phi) is 5.10. The Labute approximate surface area is 99.1 Å². The molecule has 1 rings (SSSR count). The Morgan fingerprint density at radius 3 is 2.12 bits per heavy atom. The summed E-state index contributed by atoms with van der Waals surface area (Å²) in [5, 5.41) is 0. The SMILES string of the molecule is CC[C@@H]1CCC[C@H](CC)N1C(=O)OC(C)C. The molecule has 16 heavy (non-hydrogen) atoms. The average Bonchev–Trinajstić information content (AvgIpc) is 2.26. The Morgan fingerprint density at radius 1 is 1.25 bits per heavy atom. The Hall–Kier alpha value is -0.730. The molecule has 0 aromatic rings. The van der Waals surface area contributed by atoms with Crippen molar-refractivity contribution in [3.63, 3.8) is 0 Å². The minimum atomic E-state index is -0.117. The number of hydrogen-bond acceptors (Lipinski definition) is 2. The van der Waals surface area contributed by atoms with Gasteiger partial charge >= 0.3 is 6.09 Å². The van der Waals surface area contributed by atoms with E-state index >= 15 is 0 Å². The maximum absolute atomic E-state index is 12.1. The second-order valence-electron chi connectivity index (χ2n) is 4.89. The number of carbonyl (C=O) groups excluding carboxylic acids is 1. The van der Waals surface area contributed by atoms with E-state index in [4.69, 9.17) is 4.74 Å². The third kappa shape index (κ3) is 3.13. The molecule has 0 radical (unpaired) electrons. The first-order chi connectivity index (χ1) is 7.60. The van der Waals surface area contributed by atoms with Gasteiger partial charge in [-0.15, -0.1) is 0 Å². The number of piperidine rings is 1. The van der Waals surface area contributed by atoms with Crippen molar-refractivity contribution in [2.75, 3.05) is 0 Å². The summed E-state index contributed by atoms with van der Waals surface area (Å²) in [6, 6.07) is 0.759.